The molecule has 0 spiro atoms. The van der Waals surface area contributed by atoms with Crippen molar-refractivity contribution in [2.24, 2.45) is 0 Å². The first kappa shape index (κ1) is 12.8. The zero-order chi connectivity index (χ0) is 12.0. The van der Waals surface area contributed by atoms with Gasteiger partial charge in [-0.15, -0.1) is 0 Å². The van der Waals surface area contributed by atoms with Crippen LogP contribution in [0.1, 0.15) is 11.1 Å². The largest absolute Gasteiger partial charge is 0.503 e. The minimum absolute atomic E-state index is 0.408. The fraction of sp³-hybridized carbons (Fsp3) is 0.250. The van der Waals surface area contributed by atoms with E-state index in [0.29, 0.717) is 5.57 Å². The molecule has 86 valence electrons. The van der Waals surface area contributed by atoms with Crippen LogP contribution in [0.25, 0.3) is 5.57 Å². The summed E-state index contributed by atoms with van der Waals surface area (Å²) in [5.74, 6) is -0.409. The molecule has 1 aromatic carbocycles. The summed E-state index contributed by atoms with van der Waals surface area (Å²) >= 11 is 3.36. The van der Waals surface area contributed by atoms with E-state index in [9.17, 15) is 4.79 Å². The number of hydrogen-bond donors (Lipinski definition) is 0. The van der Waals surface area contributed by atoms with Gasteiger partial charge in [0.25, 0.3) is 0 Å². The molecule has 0 N–H and O–H groups in total. The number of carbonyl (C=O) groups is 1. The predicted molar refractivity (Wildman–Crippen MR) is 66.1 cm³/mol. The van der Waals surface area contributed by atoms with Crippen molar-refractivity contribution in [2.75, 3.05) is 14.2 Å². The average Bonchev–Trinajstić information content (AvgIpc) is 2.35. The van der Waals surface area contributed by atoms with Crippen molar-refractivity contribution in [1.29, 1.82) is 0 Å². The first-order valence-electron chi connectivity index (χ1n) is 4.69. The number of ether oxygens (including phenoxy) is 2. The molecule has 0 radical (unpaired) electrons. The maximum absolute atomic E-state index is 11.5. The van der Waals surface area contributed by atoms with Crippen LogP contribution in [0.3, 0.4) is 0 Å². The molecule has 0 bridgehead atoms. The molecular weight excluding hydrogens is 272 g/mol. The van der Waals surface area contributed by atoms with Gasteiger partial charge in [0.05, 0.1) is 20.5 Å². The molecule has 0 atom stereocenters. The van der Waals surface area contributed by atoms with Gasteiger partial charge in [0.15, 0.2) is 0 Å². The van der Waals surface area contributed by atoms with E-state index in [-0.39, 0.29) is 0 Å². The van der Waals surface area contributed by atoms with Crippen LogP contribution in [0.2, 0.25) is 0 Å². The SMILES string of the molecule is COC=C(C(=O)OC)c1ccc(CBr)cc1. The minimum atomic E-state index is -0.409. The molecule has 0 saturated carbocycles. The van der Waals surface area contributed by atoms with Crippen molar-refractivity contribution in [2.45, 2.75) is 5.33 Å². The highest BCUT2D eigenvalue weighted by Gasteiger charge is 2.12. The van der Waals surface area contributed by atoms with Gasteiger partial charge in [-0.25, -0.2) is 4.79 Å². The molecule has 0 unspecified atom stereocenters. The molecule has 0 saturated heterocycles. The second kappa shape index (κ2) is 6.33. The third-order valence-electron chi connectivity index (χ3n) is 2.06. The standard InChI is InChI=1S/C12H13BrO3/c1-15-8-11(12(14)16-2)10-5-3-9(7-13)4-6-10/h3-6,8H,7H2,1-2H3. The van der Waals surface area contributed by atoms with Crippen LogP contribution in [-0.4, -0.2) is 20.2 Å². The lowest BCUT2D eigenvalue weighted by Crippen LogP contribution is -2.04. The Labute approximate surface area is 103 Å². The highest BCUT2D eigenvalue weighted by Crippen LogP contribution is 2.17. The third-order valence-corrected chi connectivity index (χ3v) is 2.71. The van der Waals surface area contributed by atoms with E-state index in [1.807, 2.05) is 24.3 Å². The first-order chi connectivity index (χ1) is 7.72. The number of rotatable bonds is 4. The lowest BCUT2D eigenvalue weighted by Gasteiger charge is -2.05. The van der Waals surface area contributed by atoms with Gasteiger partial charge >= 0.3 is 5.97 Å². The van der Waals surface area contributed by atoms with E-state index in [1.54, 1.807) is 0 Å². The van der Waals surface area contributed by atoms with E-state index in [4.69, 9.17) is 4.74 Å². The molecule has 0 aliphatic carbocycles. The molecule has 0 fully saturated rings. The highest BCUT2D eigenvalue weighted by atomic mass is 79.9. The lowest BCUT2D eigenvalue weighted by molar-refractivity contribution is -0.133. The van der Waals surface area contributed by atoms with Crippen molar-refractivity contribution >= 4 is 27.5 Å². The Morgan fingerprint density at radius 3 is 2.38 bits per heavy atom. The number of halogens is 1. The lowest BCUT2D eigenvalue weighted by atomic mass is 10.1. The minimum Gasteiger partial charge on any atom is -0.503 e. The van der Waals surface area contributed by atoms with Crippen molar-refractivity contribution in [3.05, 3.63) is 41.7 Å². The van der Waals surface area contributed by atoms with E-state index in [0.717, 1.165) is 16.5 Å². The van der Waals surface area contributed by atoms with Gasteiger partial charge in [0, 0.05) is 5.33 Å². The van der Waals surface area contributed by atoms with Crippen molar-refractivity contribution in [3.8, 4) is 0 Å². The third kappa shape index (κ3) is 3.10. The summed E-state index contributed by atoms with van der Waals surface area (Å²) < 4.78 is 9.55. The summed E-state index contributed by atoms with van der Waals surface area (Å²) in [6, 6.07) is 7.60. The van der Waals surface area contributed by atoms with Crippen LogP contribution in [0.15, 0.2) is 30.5 Å². The van der Waals surface area contributed by atoms with E-state index >= 15 is 0 Å². The second-order valence-electron chi connectivity index (χ2n) is 3.09. The molecule has 0 aromatic heterocycles. The van der Waals surface area contributed by atoms with Gasteiger partial charge in [-0.3, -0.25) is 0 Å². The molecule has 4 heteroatoms. The smallest absolute Gasteiger partial charge is 0.341 e. The van der Waals surface area contributed by atoms with Gasteiger partial charge < -0.3 is 9.47 Å². The molecule has 3 nitrogen and oxygen atoms in total. The predicted octanol–water partition coefficient (Wildman–Crippen LogP) is 2.74. The average molecular weight is 285 g/mol. The van der Waals surface area contributed by atoms with Crippen LogP contribution in [0, 0.1) is 0 Å². The van der Waals surface area contributed by atoms with Crippen molar-refractivity contribution in [3.63, 3.8) is 0 Å². The van der Waals surface area contributed by atoms with Gasteiger partial charge in [-0.1, -0.05) is 40.2 Å². The number of benzene rings is 1. The fourth-order valence-electron chi connectivity index (χ4n) is 1.24. The fourth-order valence-corrected chi connectivity index (χ4v) is 1.61. The summed E-state index contributed by atoms with van der Waals surface area (Å²) in [4.78, 5) is 11.5. The molecular formula is C12H13BrO3. The van der Waals surface area contributed by atoms with E-state index < -0.39 is 5.97 Å². The summed E-state index contributed by atoms with van der Waals surface area (Å²) in [6.45, 7) is 0. The molecule has 0 heterocycles. The van der Waals surface area contributed by atoms with Crippen LogP contribution < -0.4 is 0 Å². The summed E-state index contributed by atoms with van der Waals surface area (Å²) in [5.41, 5.74) is 2.33. The van der Waals surface area contributed by atoms with Gasteiger partial charge in [0.1, 0.15) is 5.57 Å². The summed E-state index contributed by atoms with van der Waals surface area (Å²) in [5, 5.41) is 0.787. The monoisotopic (exact) mass is 284 g/mol. The Morgan fingerprint density at radius 1 is 1.31 bits per heavy atom. The molecule has 1 aromatic rings. The number of alkyl halides is 1. The summed E-state index contributed by atoms with van der Waals surface area (Å²) in [6.07, 6.45) is 1.38. The van der Waals surface area contributed by atoms with Gasteiger partial charge in [-0.2, -0.15) is 0 Å². The van der Waals surface area contributed by atoms with E-state index in [1.165, 1.54) is 20.5 Å². The molecule has 0 aliphatic heterocycles. The second-order valence-corrected chi connectivity index (χ2v) is 3.65. The topological polar surface area (TPSA) is 35.5 Å². The number of methoxy groups -OCH3 is 2. The molecule has 0 amide bonds. The Balaban J connectivity index is 3.02. The number of hydrogen-bond acceptors (Lipinski definition) is 3. The molecule has 0 aliphatic rings. The van der Waals surface area contributed by atoms with Gasteiger partial charge in [-0.05, 0) is 11.1 Å². The van der Waals surface area contributed by atoms with Crippen molar-refractivity contribution < 1.29 is 14.3 Å². The number of carbonyl (C=O) groups excluding carboxylic acids is 1. The Hall–Kier alpha value is -1.29. The van der Waals surface area contributed by atoms with Crippen LogP contribution in [-0.2, 0) is 19.6 Å². The highest BCUT2D eigenvalue weighted by molar-refractivity contribution is 9.08. The van der Waals surface area contributed by atoms with Crippen molar-refractivity contribution in [1.82, 2.24) is 0 Å². The summed E-state index contributed by atoms with van der Waals surface area (Å²) in [7, 11) is 2.84. The Bertz CT molecular complexity index is 382. The normalized spacial score (nSPS) is 11.1. The zero-order valence-electron chi connectivity index (χ0n) is 9.20. The van der Waals surface area contributed by atoms with E-state index in [2.05, 4.69) is 20.7 Å². The maximum Gasteiger partial charge on any atom is 0.341 e. The maximum atomic E-state index is 11.5. The van der Waals surface area contributed by atoms with Crippen LogP contribution in [0.4, 0.5) is 0 Å². The molecule has 16 heavy (non-hydrogen) atoms. The Kier molecular flexibility index (Phi) is 5.05. The van der Waals surface area contributed by atoms with Crippen LogP contribution in [0.5, 0.6) is 0 Å². The quantitative estimate of drug-likeness (QED) is 0.369. The Morgan fingerprint density at radius 2 is 1.94 bits per heavy atom. The van der Waals surface area contributed by atoms with Gasteiger partial charge in [0.2, 0.25) is 0 Å². The molecule has 1 rings (SSSR count). The van der Waals surface area contributed by atoms with Crippen LogP contribution >= 0.6 is 15.9 Å². The number of esters is 1. The first-order valence-corrected chi connectivity index (χ1v) is 5.81. The zero-order valence-corrected chi connectivity index (χ0v) is 10.8.